The number of rotatable bonds is 1. The molecule has 1 aliphatic heterocycles. The summed E-state index contributed by atoms with van der Waals surface area (Å²) >= 11 is 0. The standard InChI is InChI=1S/C17H20N2O2/c1-16(2)12-9-10-17(16,3)15(21)19-13(12)18-14(20)11-7-5-4-6-8-11/h4-8,12H,9-10H2,1-3H3,(H,18,19,20,21)/t12-,17-/m0/s1. The molecule has 110 valence electrons. The van der Waals surface area contributed by atoms with Crippen molar-refractivity contribution in [1.82, 2.24) is 5.32 Å². The lowest BCUT2D eigenvalue weighted by Crippen LogP contribution is -2.57. The molecule has 1 heterocycles. The number of benzene rings is 1. The maximum absolute atomic E-state index is 12.4. The number of carbonyl (C=O) groups is 2. The molecule has 4 nitrogen and oxygen atoms in total. The maximum atomic E-state index is 12.4. The Labute approximate surface area is 124 Å². The Morgan fingerprint density at radius 2 is 1.90 bits per heavy atom. The van der Waals surface area contributed by atoms with Crippen molar-refractivity contribution < 1.29 is 9.59 Å². The minimum absolute atomic E-state index is 0.0131. The first-order valence-electron chi connectivity index (χ1n) is 7.36. The molecular weight excluding hydrogens is 264 g/mol. The van der Waals surface area contributed by atoms with E-state index in [2.05, 4.69) is 24.2 Å². The second kappa shape index (κ2) is 4.52. The van der Waals surface area contributed by atoms with Crippen LogP contribution in [0, 0.1) is 16.7 Å². The number of hydrogen-bond donors (Lipinski definition) is 1. The van der Waals surface area contributed by atoms with Gasteiger partial charge >= 0.3 is 0 Å². The summed E-state index contributed by atoms with van der Waals surface area (Å²) in [5, 5.41) is 2.87. The normalized spacial score (nSPS) is 32.0. The van der Waals surface area contributed by atoms with Crippen LogP contribution in [-0.4, -0.2) is 17.6 Å². The first-order chi connectivity index (χ1) is 9.86. The molecule has 0 radical (unpaired) electrons. The Hall–Kier alpha value is -1.97. The molecule has 2 aliphatic rings. The first-order valence-corrected chi connectivity index (χ1v) is 7.36. The Morgan fingerprint density at radius 1 is 1.24 bits per heavy atom. The average Bonchev–Trinajstić information content (AvgIpc) is 2.61. The third-order valence-electron chi connectivity index (χ3n) is 5.54. The zero-order valence-corrected chi connectivity index (χ0v) is 12.6. The molecule has 4 heteroatoms. The van der Waals surface area contributed by atoms with Crippen LogP contribution in [0.5, 0.6) is 0 Å². The Balaban J connectivity index is 1.96. The van der Waals surface area contributed by atoms with Gasteiger partial charge in [-0.25, -0.2) is 0 Å². The second-order valence-electron chi connectivity index (χ2n) is 6.77. The number of carbonyl (C=O) groups excluding carboxylic acids is 2. The molecule has 3 rings (SSSR count). The molecule has 1 aliphatic carbocycles. The van der Waals surface area contributed by atoms with Crippen LogP contribution in [-0.2, 0) is 4.79 Å². The van der Waals surface area contributed by atoms with Gasteiger partial charge in [-0.1, -0.05) is 39.0 Å². The van der Waals surface area contributed by atoms with E-state index in [1.54, 1.807) is 12.1 Å². The summed E-state index contributed by atoms with van der Waals surface area (Å²) < 4.78 is 0. The van der Waals surface area contributed by atoms with Gasteiger partial charge in [0.25, 0.3) is 5.91 Å². The van der Waals surface area contributed by atoms with E-state index >= 15 is 0 Å². The molecule has 1 saturated carbocycles. The van der Waals surface area contributed by atoms with Gasteiger partial charge in [0.2, 0.25) is 5.91 Å². The SMILES string of the molecule is CC1(C)[C@H]2CC[C@@]1(C)C(=O)NC2=NC(=O)c1ccccc1. The van der Waals surface area contributed by atoms with Gasteiger partial charge in [0.05, 0.1) is 5.41 Å². The van der Waals surface area contributed by atoms with Gasteiger partial charge < -0.3 is 5.32 Å². The van der Waals surface area contributed by atoms with E-state index in [-0.39, 0.29) is 28.6 Å². The van der Waals surface area contributed by atoms with Crippen molar-refractivity contribution in [2.75, 3.05) is 0 Å². The fourth-order valence-electron chi connectivity index (χ4n) is 3.59. The van der Waals surface area contributed by atoms with Crippen LogP contribution in [0.25, 0.3) is 0 Å². The van der Waals surface area contributed by atoms with Crippen LogP contribution in [0.4, 0.5) is 0 Å². The number of aliphatic imine (C=N–C) groups is 1. The van der Waals surface area contributed by atoms with Crippen LogP contribution in [0.1, 0.15) is 44.0 Å². The number of hydrogen-bond acceptors (Lipinski definition) is 2. The van der Waals surface area contributed by atoms with Crippen LogP contribution in [0.15, 0.2) is 35.3 Å². The highest BCUT2D eigenvalue weighted by Crippen LogP contribution is 2.58. The first kappa shape index (κ1) is 14.0. The number of amidine groups is 1. The van der Waals surface area contributed by atoms with Gasteiger partial charge in [0, 0.05) is 11.5 Å². The number of piperidine rings is 1. The quantitative estimate of drug-likeness (QED) is 0.862. The molecule has 1 aromatic carbocycles. The largest absolute Gasteiger partial charge is 0.313 e. The predicted molar refractivity (Wildman–Crippen MR) is 81.0 cm³/mol. The van der Waals surface area contributed by atoms with Crippen molar-refractivity contribution in [1.29, 1.82) is 0 Å². The van der Waals surface area contributed by atoms with E-state index in [1.807, 2.05) is 25.1 Å². The average molecular weight is 284 g/mol. The van der Waals surface area contributed by atoms with Crippen molar-refractivity contribution in [2.45, 2.75) is 33.6 Å². The number of nitrogens with zero attached hydrogens (tertiary/aromatic N) is 1. The van der Waals surface area contributed by atoms with Gasteiger partial charge in [0.15, 0.2) is 0 Å². The molecule has 2 amide bonds. The molecule has 2 bridgehead atoms. The lowest BCUT2D eigenvalue weighted by molar-refractivity contribution is -0.135. The summed E-state index contributed by atoms with van der Waals surface area (Å²) in [6, 6.07) is 8.95. The molecule has 0 spiro atoms. The van der Waals surface area contributed by atoms with E-state index < -0.39 is 0 Å². The van der Waals surface area contributed by atoms with Gasteiger partial charge in [-0.2, -0.15) is 4.99 Å². The Bertz CT molecular complexity index is 633. The van der Waals surface area contributed by atoms with Crippen molar-refractivity contribution in [3.63, 3.8) is 0 Å². The highest BCUT2D eigenvalue weighted by molar-refractivity contribution is 6.11. The Kier molecular flexibility index (Phi) is 3.01. The molecule has 1 aromatic rings. The summed E-state index contributed by atoms with van der Waals surface area (Å²) in [4.78, 5) is 28.9. The number of fused-ring (bicyclic) bond motifs is 2. The summed E-state index contributed by atoms with van der Waals surface area (Å²) in [5.41, 5.74) is 0.000771. The zero-order chi connectivity index (χ0) is 15.3. The fraction of sp³-hybridized carbons (Fsp3) is 0.471. The van der Waals surface area contributed by atoms with E-state index in [1.165, 1.54) is 0 Å². The van der Waals surface area contributed by atoms with Crippen molar-refractivity contribution >= 4 is 17.6 Å². The fourth-order valence-corrected chi connectivity index (χ4v) is 3.59. The maximum Gasteiger partial charge on any atom is 0.278 e. The van der Waals surface area contributed by atoms with Gasteiger partial charge in [-0.3, -0.25) is 9.59 Å². The molecule has 2 fully saturated rings. The number of amides is 2. The smallest absolute Gasteiger partial charge is 0.278 e. The van der Waals surface area contributed by atoms with Crippen LogP contribution in [0.3, 0.4) is 0 Å². The lowest BCUT2D eigenvalue weighted by atomic mass is 9.63. The zero-order valence-electron chi connectivity index (χ0n) is 12.6. The molecule has 1 saturated heterocycles. The molecular formula is C17H20N2O2. The highest BCUT2D eigenvalue weighted by atomic mass is 16.2. The van der Waals surface area contributed by atoms with E-state index in [9.17, 15) is 9.59 Å². The van der Waals surface area contributed by atoms with Crippen LogP contribution >= 0.6 is 0 Å². The summed E-state index contributed by atoms with van der Waals surface area (Å²) in [5.74, 6) is 0.361. The predicted octanol–water partition coefficient (Wildman–Crippen LogP) is 2.80. The van der Waals surface area contributed by atoms with E-state index in [0.29, 0.717) is 11.4 Å². The van der Waals surface area contributed by atoms with Gasteiger partial charge in [-0.05, 0) is 30.4 Å². The van der Waals surface area contributed by atoms with Crippen molar-refractivity contribution in [3.05, 3.63) is 35.9 Å². The minimum atomic E-state index is -0.369. The second-order valence-corrected chi connectivity index (χ2v) is 6.77. The molecule has 2 atom stereocenters. The van der Waals surface area contributed by atoms with E-state index in [4.69, 9.17) is 0 Å². The minimum Gasteiger partial charge on any atom is -0.313 e. The topological polar surface area (TPSA) is 58.5 Å². The molecule has 1 N–H and O–H groups in total. The summed E-state index contributed by atoms with van der Waals surface area (Å²) in [7, 11) is 0. The number of nitrogens with one attached hydrogen (secondary N) is 1. The van der Waals surface area contributed by atoms with Gasteiger partial charge in [-0.15, -0.1) is 0 Å². The third-order valence-corrected chi connectivity index (χ3v) is 5.54. The highest BCUT2D eigenvalue weighted by Gasteiger charge is 2.60. The van der Waals surface area contributed by atoms with Crippen LogP contribution < -0.4 is 5.32 Å². The summed E-state index contributed by atoms with van der Waals surface area (Å²) in [6.07, 6.45) is 1.73. The third kappa shape index (κ3) is 1.93. The van der Waals surface area contributed by atoms with Crippen molar-refractivity contribution in [2.24, 2.45) is 21.7 Å². The monoisotopic (exact) mass is 284 g/mol. The lowest BCUT2D eigenvalue weighted by Gasteiger charge is -2.44. The molecule has 0 unspecified atom stereocenters. The Morgan fingerprint density at radius 3 is 2.57 bits per heavy atom. The van der Waals surface area contributed by atoms with Gasteiger partial charge in [0.1, 0.15) is 5.84 Å². The van der Waals surface area contributed by atoms with Crippen LogP contribution in [0.2, 0.25) is 0 Å². The molecule has 21 heavy (non-hydrogen) atoms. The van der Waals surface area contributed by atoms with Crippen molar-refractivity contribution in [3.8, 4) is 0 Å². The molecule has 0 aromatic heterocycles. The summed E-state index contributed by atoms with van der Waals surface area (Å²) in [6.45, 7) is 6.22. The van der Waals surface area contributed by atoms with E-state index in [0.717, 1.165) is 12.8 Å².